The molecule has 0 aliphatic heterocycles. The lowest BCUT2D eigenvalue weighted by molar-refractivity contribution is 0.0545. The third-order valence-corrected chi connectivity index (χ3v) is 8.07. The van der Waals surface area contributed by atoms with Gasteiger partial charge in [-0.25, -0.2) is 0 Å². The highest BCUT2D eigenvalue weighted by Crippen LogP contribution is 2.36. The maximum absolute atomic E-state index is 6.07. The molecule has 0 fully saturated rings. The van der Waals surface area contributed by atoms with Crippen LogP contribution in [0.1, 0.15) is 47.5 Å². The van der Waals surface area contributed by atoms with Crippen molar-refractivity contribution in [2.24, 2.45) is 0 Å². The van der Waals surface area contributed by atoms with Crippen LogP contribution in [0, 0.1) is 0 Å². The van der Waals surface area contributed by atoms with E-state index in [4.69, 9.17) is 9.16 Å². The van der Waals surface area contributed by atoms with Gasteiger partial charge in [0.25, 0.3) is 0 Å². The Morgan fingerprint density at radius 1 is 1.12 bits per heavy atom. The van der Waals surface area contributed by atoms with Crippen molar-refractivity contribution in [1.29, 1.82) is 0 Å². The fourth-order valence-electron chi connectivity index (χ4n) is 1.01. The van der Waals surface area contributed by atoms with E-state index in [0.717, 1.165) is 26.1 Å². The number of hydrogen-bond acceptors (Lipinski definition) is 2. The predicted molar refractivity (Wildman–Crippen MR) is 73.5 cm³/mol. The molecule has 3 heteroatoms. The topological polar surface area (TPSA) is 18.5 Å². The monoisotopic (exact) mass is 246 g/mol. The Hall–Kier alpha value is 0.137. The SMILES string of the molecule is CCC(C)OCCCO[Si](C)(C)C(C)(C)C. The molecule has 0 heterocycles. The molecule has 0 amide bonds. The van der Waals surface area contributed by atoms with E-state index in [0.29, 0.717) is 11.1 Å². The highest BCUT2D eigenvalue weighted by atomic mass is 28.4. The van der Waals surface area contributed by atoms with Crippen LogP contribution in [0.25, 0.3) is 0 Å². The molecule has 0 aromatic rings. The third kappa shape index (κ3) is 6.02. The minimum Gasteiger partial charge on any atom is -0.417 e. The summed E-state index contributed by atoms with van der Waals surface area (Å²) in [6.07, 6.45) is 2.48. The molecule has 0 aliphatic carbocycles. The number of ether oxygens (including phenoxy) is 1. The van der Waals surface area contributed by atoms with E-state index < -0.39 is 8.32 Å². The summed E-state index contributed by atoms with van der Waals surface area (Å²) in [4.78, 5) is 0. The van der Waals surface area contributed by atoms with E-state index in [1.807, 2.05) is 0 Å². The average Bonchev–Trinajstić information content (AvgIpc) is 2.15. The molecular weight excluding hydrogens is 216 g/mol. The van der Waals surface area contributed by atoms with Crippen LogP contribution in [0.5, 0.6) is 0 Å². The molecule has 0 rings (SSSR count). The van der Waals surface area contributed by atoms with Crippen molar-refractivity contribution in [3.63, 3.8) is 0 Å². The van der Waals surface area contributed by atoms with E-state index in [9.17, 15) is 0 Å². The Morgan fingerprint density at radius 2 is 1.69 bits per heavy atom. The van der Waals surface area contributed by atoms with Crippen molar-refractivity contribution < 1.29 is 9.16 Å². The molecule has 0 aromatic heterocycles. The van der Waals surface area contributed by atoms with Crippen LogP contribution in [-0.2, 0) is 9.16 Å². The van der Waals surface area contributed by atoms with Gasteiger partial charge in [-0.05, 0) is 37.9 Å². The summed E-state index contributed by atoms with van der Waals surface area (Å²) >= 11 is 0. The first kappa shape index (κ1) is 16.1. The average molecular weight is 246 g/mol. The molecule has 0 aromatic carbocycles. The molecule has 0 aliphatic rings. The highest BCUT2D eigenvalue weighted by Gasteiger charge is 2.36. The quantitative estimate of drug-likeness (QED) is 0.495. The van der Waals surface area contributed by atoms with Crippen LogP contribution in [0.3, 0.4) is 0 Å². The Labute approximate surface area is 103 Å². The van der Waals surface area contributed by atoms with Crippen molar-refractivity contribution in [2.75, 3.05) is 13.2 Å². The predicted octanol–water partition coefficient (Wildman–Crippen LogP) is 4.21. The first-order valence-corrected chi connectivity index (χ1v) is 9.37. The van der Waals surface area contributed by atoms with E-state index in [1.165, 1.54) is 0 Å². The van der Waals surface area contributed by atoms with E-state index in [1.54, 1.807) is 0 Å². The second kappa shape index (κ2) is 6.77. The molecule has 1 unspecified atom stereocenters. The van der Waals surface area contributed by atoms with Crippen molar-refractivity contribution in [3.8, 4) is 0 Å². The van der Waals surface area contributed by atoms with Crippen molar-refractivity contribution >= 4 is 8.32 Å². The maximum atomic E-state index is 6.07. The summed E-state index contributed by atoms with van der Waals surface area (Å²) in [6.45, 7) is 17.3. The summed E-state index contributed by atoms with van der Waals surface area (Å²) in [6, 6.07) is 0. The Balaban J connectivity index is 3.67. The zero-order valence-corrected chi connectivity index (χ0v) is 13.2. The second-order valence-corrected chi connectivity index (χ2v) is 10.9. The Bertz CT molecular complexity index is 185. The fraction of sp³-hybridized carbons (Fsp3) is 1.00. The zero-order valence-electron chi connectivity index (χ0n) is 12.2. The van der Waals surface area contributed by atoms with Gasteiger partial charge >= 0.3 is 0 Å². The molecule has 1 atom stereocenters. The summed E-state index contributed by atoms with van der Waals surface area (Å²) in [5.74, 6) is 0. The smallest absolute Gasteiger partial charge is 0.191 e. The van der Waals surface area contributed by atoms with Crippen LogP contribution < -0.4 is 0 Å². The Kier molecular flexibility index (Phi) is 6.83. The van der Waals surface area contributed by atoms with Gasteiger partial charge in [-0.1, -0.05) is 27.7 Å². The Morgan fingerprint density at radius 3 is 2.12 bits per heavy atom. The second-order valence-electron chi connectivity index (χ2n) is 6.05. The van der Waals surface area contributed by atoms with Gasteiger partial charge in [0.1, 0.15) is 0 Å². The third-order valence-electron chi connectivity index (χ3n) is 3.54. The minimum absolute atomic E-state index is 0.310. The molecule has 16 heavy (non-hydrogen) atoms. The molecule has 0 saturated heterocycles. The molecule has 0 spiro atoms. The standard InChI is InChI=1S/C13H30O2Si/c1-8-12(2)14-10-9-11-15-16(6,7)13(3,4)5/h12H,8-11H2,1-7H3. The molecule has 98 valence electrons. The lowest BCUT2D eigenvalue weighted by Gasteiger charge is -2.36. The van der Waals surface area contributed by atoms with Gasteiger partial charge in [-0.2, -0.15) is 0 Å². The number of rotatable bonds is 7. The summed E-state index contributed by atoms with van der Waals surface area (Å²) in [5.41, 5.74) is 0. The lowest BCUT2D eigenvalue weighted by Crippen LogP contribution is -2.41. The summed E-state index contributed by atoms with van der Waals surface area (Å²) in [5, 5.41) is 0.310. The van der Waals surface area contributed by atoms with E-state index >= 15 is 0 Å². The van der Waals surface area contributed by atoms with Crippen LogP contribution in [-0.4, -0.2) is 27.6 Å². The van der Waals surface area contributed by atoms with E-state index in [-0.39, 0.29) is 0 Å². The van der Waals surface area contributed by atoms with Gasteiger partial charge in [0.05, 0.1) is 6.10 Å². The van der Waals surface area contributed by atoms with Gasteiger partial charge in [0.2, 0.25) is 0 Å². The van der Waals surface area contributed by atoms with Gasteiger partial charge in [0.15, 0.2) is 8.32 Å². The summed E-state index contributed by atoms with van der Waals surface area (Å²) < 4.78 is 11.7. The van der Waals surface area contributed by atoms with Crippen LogP contribution >= 0.6 is 0 Å². The molecule has 2 nitrogen and oxygen atoms in total. The fourth-order valence-corrected chi connectivity index (χ4v) is 2.09. The molecule has 0 saturated carbocycles. The van der Waals surface area contributed by atoms with Crippen molar-refractivity contribution in [1.82, 2.24) is 0 Å². The number of hydrogen-bond donors (Lipinski definition) is 0. The van der Waals surface area contributed by atoms with Crippen molar-refractivity contribution in [2.45, 2.75) is 71.7 Å². The summed E-state index contributed by atoms with van der Waals surface area (Å²) in [7, 11) is -1.55. The zero-order chi connectivity index (χ0) is 12.8. The molecule has 0 bridgehead atoms. The van der Waals surface area contributed by atoms with Gasteiger partial charge in [-0.15, -0.1) is 0 Å². The minimum atomic E-state index is -1.55. The van der Waals surface area contributed by atoms with E-state index in [2.05, 4.69) is 47.7 Å². The highest BCUT2D eigenvalue weighted by molar-refractivity contribution is 6.74. The molecular formula is C13H30O2Si. The van der Waals surface area contributed by atoms with Gasteiger partial charge < -0.3 is 9.16 Å². The molecule has 0 N–H and O–H groups in total. The molecule has 0 radical (unpaired) electrons. The lowest BCUT2D eigenvalue weighted by atomic mass is 10.2. The van der Waals surface area contributed by atoms with Crippen molar-refractivity contribution in [3.05, 3.63) is 0 Å². The van der Waals surface area contributed by atoms with Crippen LogP contribution in [0.4, 0.5) is 0 Å². The largest absolute Gasteiger partial charge is 0.417 e. The maximum Gasteiger partial charge on any atom is 0.191 e. The van der Waals surface area contributed by atoms with Gasteiger partial charge in [0, 0.05) is 13.2 Å². The normalized spacial score (nSPS) is 15.2. The first-order chi connectivity index (χ1) is 7.20. The van der Waals surface area contributed by atoms with Crippen LogP contribution in [0.15, 0.2) is 0 Å². The van der Waals surface area contributed by atoms with Crippen LogP contribution in [0.2, 0.25) is 18.1 Å². The van der Waals surface area contributed by atoms with Gasteiger partial charge in [-0.3, -0.25) is 0 Å². The first-order valence-electron chi connectivity index (χ1n) is 6.46.